The van der Waals surface area contributed by atoms with E-state index in [9.17, 15) is 4.79 Å². The fraction of sp³-hybridized carbons (Fsp3) is 0.500. The van der Waals surface area contributed by atoms with E-state index in [0.717, 1.165) is 38.2 Å². The van der Waals surface area contributed by atoms with Gasteiger partial charge in [0.25, 0.3) is 5.91 Å². The second-order valence-electron chi connectivity index (χ2n) is 4.47. The van der Waals surface area contributed by atoms with Crippen LogP contribution < -0.4 is 5.32 Å². The standard InChI is InChI=1S/C14H20N2O/c1-3-7-16(4-2)14(17)11-5-6-12-9-15-10-13(12)8-11/h5-6,8,15H,3-4,7,9-10H2,1-2H3. The van der Waals surface area contributed by atoms with Crippen molar-refractivity contribution < 1.29 is 4.79 Å². The van der Waals surface area contributed by atoms with Crippen LogP contribution >= 0.6 is 0 Å². The first kappa shape index (κ1) is 12.1. The zero-order chi connectivity index (χ0) is 12.3. The van der Waals surface area contributed by atoms with Gasteiger partial charge in [-0.3, -0.25) is 4.79 Å². The monoisotopic (exact) mass is 232 g/mol. The van der Waals surface area contributed by atoms with E-state index in [1.807, 2.05) is 24.0 Å². The highest BCUT2D eigenvalue weighted by atomic mass is 16.2. The summed E-state index contributed by atoms with van der Waals surface area (Å²) in [6.45, 7) is 7.56. The summed E-state index contributed by atoms with van der Waals surface area (Å²) in [5.41, 5.74) is 3.41. The van der Waals surface area contributed by atoms with Crippen molar-refractivity contribution in [3.8, 4) is 0 Å². The summed E-state index contributed by atoms with van der Waals surface area (Å²) in [5, 5.41) is 3.30. The molecule has 0 spiro atoms. The van der Waals surface area contributed by atoms with Crippen molar-refractivity contribution in [3.63, 3.8) is 0 Å². The Morgan fingerprint density at radius 1 is 1.29 bits per heavy atom. The van der Waals surface area contributed by atoms with Gasteiger partial charge < -0.3 is 10.2 Å². The van der Waals surface area contributed by atoms with Crippen LogP contribution in [0, 0.1) is 0 Å². The second-order valence-corrected chi connectivity index (χ2v) is 4.47. The Balaban J connectivity index is 2.19. The number of rotatable bonds is 4. The smallest absolute Gasteiger partial charge is 0.253 e. The number of hydrogen-bond acceptors (Lipinski definition) is 2. The third-order valence-corrected chi connectivity index (χ3v) is 3.25. The van der Waals surface area contributed by atoms with Gasteiger partial charge >= 0.3 is 0 Å². The fourth-order valence-electron chi connectivity index (χ4n) is 2.28. The second kappa shape index (κ2) is 5.32. The van der Waals surface area contributed by atoms with E-state index in [1.165, 1.54) is 11.1 Å². The van der Waals surface area contributed by atoms with E-state index in [4.69, 9.17) is 0 Å². The van der Waals surface area contributed by atoms with Gasteiger partial charge in [0.15, 0.2) is 0 Å². The fourth-order valence-corrected chi connectivity index (χ4v) is 2.28. The number of benzene rings is 1. The molecular formula is C14H20N2O. The Labute approximate surface area is 103 Å². The summed E-state index contributed by atoms with van der Waals surface area (Å²) in [6.07, 6.45) is 1.01. The zero-order valence-corrected chi connectivity index (χ0v) is 10.6. The van der Waals surface area contributed by atoms with Gasteiger partial charge in [-0.1, -0.05) is 13.0 Å². The van der Waals surface area contributed by atoms with Crippen LogP contribution in [0.5, 0.6) is 0 Å². The van der Waals surface area contributed by atoms with Gasteiger partial charge in [-0.15, -0.1) is 0 Å². The van der Waals surface area contributed by atoms with Crippen molar-refractivity contribution in [2.75, 3.05) is 13.1 Å². The molecule has 92 valence electrons. The van der Waals surface area contributed by atoms with Crippen LogP contribution in [0.15, 0.2) is 18.2 Å². The predicted octanol–water partition coefficient (Wildman–Crippen LogP) is 2.16. The van der Waals surface area contributed by atoms with Gasteiger partial charge in [0.1, 0.15) is 0 Å². The maximum atomic E-state index is 12.3. The Kier molecular flexibility index (Phi) is 3.79. The quantitative estimate of drug-likeness (QED) is 0.862. The van der Waals surface area contributed by atoms with E-state index in [0.29, 0.717) is 0 Å². The summed E-state index contributed by atoms with van der Waals surface area (Å²) in [7, 11) is 0. The highest BCUT2D eigenvalue weighted by Crippen LogP contribution is 2.18. The number of hydrogen-bond donors (Lipinski definition) is 1. The van der Waals surface area contributed by atoms with Crippen LogP contribution in [0.3, 0.4) is 0 Å². The molecule has 0 saturated heterocycles. The first-order valence-electron chi connectivity index (χ1n) is 6.38. The van der Waals surface area contributed by atoms with Gasteiger partial charge in [0.05, 0.1) is 0 Å². The number of carbonyl (C=O) groups excluding carboxylic acids is 1. The van der Waals surface area contributed by atoms with Crippen molar-refractivity contribution in [1.82, 2.24) is 10.2 Å². The number of nitrogens with one attached hydrogen (secondary N) is 1. The molecule has 0 fully saturated rings. The summed E-state index contributed by atoms with van der Waals surface area (Å²) in [6, 6.07) is 6.06. The van der Waals surface area contributed by atoms with Gasteiger partial charge in [0, 0.05) is 31.7 Å². The van der Waals surface area contributed by atoms with E-state index in [2.05, 4.69) is 18.3 Å². The molecule has 0 saturated carbocycles. The molecule has 1 amide bonds. The Hall–Kier alpha value is -1.35. The maximum Gasteiger partial charge on any atom is 0.253 e. The molecule has 1 aromatic rings. The van der Waals surface area contributed by atoms with E-state index in [1.54, 1.807) is 0 Å². The number of carbonyl (C=O) groups is 1. The lowest BCUT2D eigenvalue weighted by Gasteiger charge is -2.20. The molecule has 1 aliphatic heterocycles. The zero-order valence-electron chi connectivity index (χ0n) is 10.6. The Morgan fingerprint density at radius 2 is 2.06 bits per heavy atom. The van der Waals surface area contributed by atoms with Crippen molar-refractivity contribution in [1.29, 1.82) is 0 Å². The lowest BCUT2D eigenvalue weighted by atomic mass is 10.1. The average molecular weight is 232 g/mol. The van der Waals surface area contributed by atoms with Crippen LogP contribution in [-0.2, 0) is 13.1 Å². The molecular weight excluding hydrogens is 212 g/mol. The largest absolute Gasteiger partial charge is 0.339 e. The molecule has 1 aromatic carbocycles. The van der Waals surface area contributed by atoms with Crippen molar-refractivity contribution in [2.45, 2.75) is 33.4 Å². The molecule has 0 radical (unpaired) electrons. The molecule has 1 N–H and O–H groups in total. The summed E-state index contributed by atoms with van der Waals surface area (Å²) in [5.74, 6) is 0.157. The number of fused-ring (bicyclic) bond motifs is 1. The van der Waals surface area contributed by atoms with Crippen molar-refractivity contribution in [2.24, 2.45) is 0 Å². The van der Waals surface area contributed by atoms with Crippen LogP contribution in [0.1, 0.15) is 41.8 Å². The molecule has 0 aliphatic carbocycles. The lowest BCUT2D eigenvalue weighted by Crippen LogP contribution is -2.31. The van der Waals surface area contributed by atoms with Crippen LogP contribution in [0.25, 0.3) is 0 Å². The van der Waals surface area contributed by atoms with Crippen LogP contribution in [0.4, 0.5) is 0 Å². The summed E-state index contributed by atoms with van der Waals surface area (Å²) >= 11 is 0. The van der Waals surface area contributed by atoms with Gasteiger partial charge in [-0.05, 0) is 36.6 Å². The lowest BCUT2D eigenvalue weighted by molar-refractivity contribution is 0.0764. The van der Waals surface area contributed by atoms with E-state index >= 15 is 0 Å². The molecule has 3 nitrogen and oxygen atoms in total. The minimum Gasteiger partial charge on any atom is -0.339 e. The average Bonchev–Trinajstić information content (AvgIpc) is 2.82. The number of amides is 1. The van der Waals surface area contributed by atoms with Crippen LogP contribution in [0.2, 0.25) is 0 Å². The van der Waals surface area contributed by atoms with E-state index in [-0.39, 0.29) is 5.91 Å². The molecule has 0 atom stereocenters. The van der Waals surface area contributed by atoms with Gasteiger partial charge in [-0.2, -0.15) is 0 Å². The minimum atomic E-state index is 0.157. The normalized spacial score (nSPS) is 13.5. The van der Waals surface area contributed by atoms with Crippen LogP contribution in [-0.4, -0.2) is 23.9 Å². The molecule has 3 heteroatoms. The Morgan fingerprint density at radius 3 is 2.76 bits per heavy atom. The third kappa shape index (κ3) is 2.50. The molecule has 2 rings (SSSR count). The summed E-state index contributed by atoms with van der Waals surface area (Å²) < 4.78 is 0. The molecule has 0 aromatic heterocycles. The molecule has 0 unspecified atom stereocenters. The molecule has 17 heavy (non-hydrogen) atoms. The predicted molar refractivity (Wildman–Crippen MR) is 68.9 cm³/mol. The third-order valence-electron chi connectivity index (χ3n) is 3.25. The molecule has 1 aliphatic rings. The van der Waals surface area contributed by atoms with Crippen molar-refractivity contribution in [3.05, 3.63) is 34.9 Å². The van der Waals surface area contributed by atoms with Crippen molar-refractivity contribution >= 4 is 5.91 Å². The number of nitrogens with zero attached hydrogens (tertiary/aromatic N) is 1. The highest BCUT2D eigenvalue weighted by molar-refractivity contribution is 5.94. The van der Waals surface area contributed by atoms with E-state index < -0.39 is 0 Å². The first-order valence-corrected chi connectivity index (χ1v) is 6.38. The minimum absolute atomic E-state index is 0.157. The topological polar surface area (TPSA) is 32.3 Å². The Bertz CT molecular complexity index is 415. The molecule has 0 bridgehead atoms. The summed E-state index contributed by atoms with van der Waals surface area (Å²) in [4.78, 5) is 14.2. The van der Waals surface area contributed by atoms with Gasteiger partial charge in [-0.25, -0.2) is 0 Å². The molecule has 1 heterocycles. The maximum absolute atomic E-state index is 12.3. The highest BCUT2D eigenvalue weighted by Gasteiger charge is 2.16. The SMILES string of the molecule is CCCN(CC)C(=O)c1ccc2c(c1)CNC2. The first-order chi connectivity index (χ1) is 8.26. The van der Waals surface area contributed by atoms with Gasteiger partial charge in [0.2, 0.25) is 0 Å².